The number of hydrogen-bond acceptors (Lipinski definition) is 3. The van der Waals surface area contributed by atoms with Crippen molar-refractivity contribution in [2.24, 2.45) is 0 Å². The molecule has 0 aliphatic rings. The van der Waals surface area contributed by atoms with Crippen LogP contribution in [0.25, 0.3) is 0 Å². The highest BCUT2D eigenvalue weighted by Crippen LogP contribution is 2.22. The van der Waals surface area contributed by atoms with Crippen molar-refractivity contribution in [3.8, 4) is 0 Å². The summed E-state index contributed by atoms with van der Waals surface area (Å²) in [5.74, 6) is -0.153. The molecular weight excluding hydrogens is 193 g/mol. The molecule has 2 rings (SSSR count). The lowest BCUT2D eigenvalue weighted by atomic mass is 10.3. The van der Waals surface area contributed by atoms with E-state index in [2.05, 4.69) is 9.97 Å². The number of aromatic nitrogens is 2. The molecule has 0 fully saturated rings. The van der Waals surface area contributed by atoms with Gasteiger partial charge in [0, 0.05) is 12.7 Å². The highest BCUT2D eigenvalue weighted by Gasteiger charge is 2.09. The van der Waals surface area contributed by atoms with Crippen LogP contribution in [0.1, 0.15) is 0 Å². The Bertz CT molecular complexity index is 445. The maximum atomic E-state index is 13.4. The van der Waals surface area contributed by atoms with Crippen LogP contribution in [0.5, 0.6) is 0 Å². The SMILES string of the molecule is CN(c1ccccc1)c1ncncc1F. The van der Waals surface area contributed by atoms with E-state index >= 15 is 0 Å². The molecule has 1 aromatic heterocycles. The third-order valence-corrected chi connectivity index (χ3v) is 2.11. The maximum absolute atomic E-state index is 13.4. The van der Waals surface area contributed by atoms with E-state index in [4.69, 9.17) is 0 Å². The van der Waals surface area contributed by atoms with E-state index < -0.39 is 5.82 Å². The average Bonchev–Trinajstić information content (AvgIpc) is 2.30. The second-order valence-electron chi connectivity index (χ2n) is 3.09. The van der Waals surface area contributed by atoms with Crippen molar-refractivity contribution >= 4 is 11.5 Å². The van der Waals surface area contributed by atoms with Gasteiger partial charge in [0.15, 0.2) is 11.6 Å². The number of hydrogen-bond donors (Lipinski definition) is 0. The summed E-state index contributed by atoms with van der Waals surface area (Å²) in [5, 5.41) is 0. The van der Waals surface area contributed by atoms with Crippen LogP contribution >= 0.6 is 0 Å². The lowest BCUT2D eigenvalue weighted by molar-refractivity contribution is 0.613. The Balaban J connectivity index is 2.37. The zero-order chi connectivity index (χ0) is 10.7. The Morgan fingerprint density at radius 3 is 2.60 bits per heavy atom. The summed E-state index contributed by atoms with van der Waals surface area (Å²) in [4.78, 5) is 9.18. The van der Waals surface area contributed by atoms with Crippen LogP contribution in [-0.2, 0) is 0 Å². The quantitative estimate of drug-likeness (QED) is 0.750. The van der Waals surface area contributed by atoms with Crippen molar-refractivity contribution in [3.63, 3.8) is 0 Å². The topological polar surface area (TPSA) is 29.0 Å². The van der Waals surface area contributed by atoms with Crippen molar-refractivity contribution in [1.82, 2.24) is 9.97 Å². The Morgan fingerprint density at radius 2 is 1.93 bits per heavy atom. The predicted octanol–water partition coefficient (Wildman–Crippen LogP) is 2.38. The van der Waals surface area contributed by atoms with Crippen molar-refractivity contribution in [1.29, 1.82) is 0 Å². The summed E-state index contributed by atoms with van der Waals surface area (Å²) in [6, 6.07) is 9.48. The van der Waals surface area contributed by atoms with Crippen LogP contribution in [-0.4, -0.2) is 17.0 Å². The van der Waals surface area contributed by atoms with Crippen LogP contribution < -0.4 is 4.90 Å². The highest BCUT2D eigenvalue weighted by atomic mass is 19.1. The number of nitrogens with zero attached hydrogens (tertiary/aromatic N) is 3. The van der Waals surface area contributed by atoms with E-state index in [0.717, 1.165) is 11.9 Å². The van der Waals surface area contributed by atoms with Crippen LogP contribution in [0.3, 0.4) is 0 Å². The molecule has 0 saturated carbocycles. The van der Waals surface area contributed by atoms with Gasteiger partial charge in [-0.25, -0.2) is 14.4 Å². The maximum Gasteiger partial charge on any atom is 0.184 e. The summed E-state index contributed by atoms with van der Waals surface area (Å²) in [6.07, 6.45) is 2.49. The van der Waals surface area contributed by atoms with E-state index in [1.807, 2.05) is 30.3 Å². The summed E-state index contributed by atoms with van der Waals surface area (Å²) in [6.45, 7) is 0. The molecule has 76 valence electrons. The van der Waals surface area contributed by atoms with Gasteiger partial charge in [0.1, 0.15) is 6.33 Å². The number of halogens is 1. The van der Waals surface area contributed by atoms with Crippen molar-refractivity contribution < 1.29 is 4.39 Å². The van der Waals surface area contributed by atoms with Gasteiger partial charge in [-0.2, -0.15) is 0 Å². The van der Waals surface area contributed by atoms with Gasteiger partial charge >= 0.3 is 0 Å². The molecule has 0 spiro atoms. The third-order valence-electron chi connectivity index (χ3n) is 2.11. The van der Waals surface area contributed by atoms with E-state index in [1.54, 1.807) is 11.9 Å². The Labute approximate surface area is 87.2 Å². The molecule has 1 heterocycles. The Morgan fingerprint density at radius 1 is 1.20 bits per heavy atom. The normalized spacial score (nSPS) is 10.0. The molecule has 0 atom stereocenters. The molecule has 2 aromatic rings. The molecule has 0 radical (unpaired) electrons. The largest absolute Gasteiger partial charge is 0.327 e. The molecule has 0 aliphatic heterocycles. The van der Waals surface area contributed by atoms with Crippen LogP contribution in [0.15, 0.2) is 42.9 Å². The number of anilines is 2. The number of benzene rings is 1. The van der Waals surface area contributed by atoms with E-state index in [-0.39, 0.29) is 5.82 Å². The van der Waals surface area contributed by atoms with E-state index in [9.17, 15) is 4.39 Å². The molecule has 0 amide bonds. The molecule has 0 N–H and O–H groups in total. The van der Waals surface area contributed by atoms with Gasteiger partial charge in [0.05, 0.1) is 6.20 Å². The van der Waals surface area contributed by atoms with Crippen LogP contribution in [0.4, 0.5) is 15.9 Å². The molecule has 3 nitrogen and oxygen atoms in total. The fraction of sp³-hybridized carbons (Fsp3) is 0.0909. The van der Waals surface area contributed by atoms with Gasteiger partial charge in [0.2, 0.25) is 0 Å². The van der Waals surface area contributed by atoms with Gasteiger partial charge in [-0.15, -0.1) is 0 Å². The third kappa shape index (κ3) is 1.93. The molecule has 4 heteroatoms. The smallest absolute Gasteiger partial charge is 0.184 e. The molecule has 0 saturated heterocycles. The van der Waals surface area contributed by atoms with Gasteiger partial charge in [-0.1, -0.05) is 18.2 Å². The highest BCUT2D eigenvalue weighted by molar-refractivity contribution is 5.58. The van der Waals surface area contributed by atoms with Crippen molar-refractivity contribution in [2.45, 2.75) is 0 Å². The zero-order valence-electron chi connectivity index (χ0n) is 8.26. The summed E-state index contributed by atoms with van der Waals surface area (Å²) >= 11 is 0. The molecule has 15 heavy (non-hydrogen) atoms. The second kappa shape index (κ2) is 4.04. The zero-order valence-corrected chi connectivity index (χ0v) is 8.26. The minimum Gasteiger partial charge on any atom is -0.327 e. The lowest BCUT2D eigenvalue weighted by Crippen LogP contribution is -2.12. The number of para-hydroxylation sites is 1. The molecule has 0 bridgehead atoms. The summed E-state index contributed by atoms with van der Waals surface area (Å²) in [7, 11) is 1.76. The minimum absolute atomic E-state index is 0.274. The summed E-state index contributed by atoms with van der Waals surface area (Å²) < 4.78 is 13.4. The van der Waals surface area contributed by atoms with Crippen molar-refractivity contribution in [2.75, 3.05) is 11.9 Å². The summed E-state index contributed by atoms with van der Waals surface area (Å²) in [5.41, 5.74) is 0.884. The monoisotopic (exact) mass is 203 g/mol. The Kier molecular flexibility index (Phi) is 2.58. The Hall–Kier alpha value is -1.97. The van der Waals surface area contributed by atoms with Gasteiger partial charge < -0.3 is 4.90 Å². The van der Waals surface area contributed by atoms with Gasteiger partial charge in [-0.3, -0.25) is 0 Å². The molecular formula is C11H10FN3. The molecule has 1 aromatic carbocycles. The van der Waals surface area contributed by atoms with Gasteiger partial charge in [-0.05, 0) is 12.1 Å². The van der Waals surface area contributed by atoms with Gasteiger partial charge in [0.25, 0.3) is 0 Å². The molecule has 0 unspecified atom stereocenters. The van der Waals surface area contributed by atoms with Crippen molar-refractivity contribution in [3.05, 3.63) is 48.7 Å². The standard InChI is InChI=1S/C11H10FN3/c1-15(9-5-3-2-4-6-9)11-10(12)7-13-8-14-11/h2-8H,1H3. The predicted molar refractivity (Wildman–Crippen MR) is 56.5 cm³/mol. The van der Waals surface area contributed by atoms with E-state index in [1.165, 1.54) is 6.33 Å². The second-order valence-corrected chi connectivity index (χ2v) is 3.09. The number of rotatable bonds is 2. The molecule has 0 aliphatic carbocycles. The first-order chi connectivity index (χ1) is 7.29. The lowest BCUT2D eigenvalue weighted by Gasteiger charge is -2.17. The fourth-order valence-corrected chi connectivity index (χ4v) is 1.33. The average molecular weight is 203 g/mol. The van der Waals surface area contributed by atoms with Crippen LogP contribution in [0, 0.1) is 5.82 Å². The van der Waals surface area contributed by atoms with E-state index in [0.29, 0.717) is 0 Å². The first-order valence-corrected chi connectivity index (χ1v) is 4.53. The first-order valence-electron chi connectivity index (χ1n) is 4.53. The first kappa shape index (κ1) is 9.58. The minimum atomic E-state index is -0.427. The van der Waals surface area contributed by atoms with Crippen LogP contribution in [0.2, 0.25) is 0 Å². The fourth-order valence-electron chi connectivity index (χ4n) is 1.33.